The largest absolute Gasteiger partial charge is 0.356 e. The minimum absolute atomic E-state index is 1.12. The Morgan fingerprint density at radius 1 is 0.368 bits per heavy atom. The number of anilines is 2. The van der Waals surface area contributed by atoms with Crippen LogP contribution in [-0.2, 0) is 0 Å². The molecule has 38 heavy (non-hydrogen) atoms. The minimum Gasteiger partial charge on any atom is -0.356 e. The number of hydrogen-bond donors (Lipinski definition) is 1. The summed E-state index contributed by atoms with van der Waals surface area (Å²) in [5, 5.41) is 5.89. The predicted molar refractivity (Wildman–Crippen MR) is 162 cm³/mol. The molecule has 182 valence electrons. The van der Waals surface area contributed by atoms with Gasteiger partial charge in [0.25, 0.3) is 0 Å². The van der Waals surface area contributed by atoms with Crippen molar-refractivity contribution in [2.45, 2.75) is 0 Å². The van der Waals surface area contributed by atoms with Gasteiger partial charge in [-0.05, 0) is 65.7 Å². The molecule has 1 heterocycles. The number of para-hydroxylation sites is 4. The van der Waals surface area contributed by atoms with Crippen LogP contribution in [0.25, 0.3) is 38.6 Å². The Bertz CT molecular complexity index is 1720. The highest BCUT2D eigenvalue weighted by Crippen LogP contribution is 2.34. The molecule has 0 fully saturated rings. The zero-order valence-corrected chi connectivity index (χ0v) is 21.0. The Balaban J connectivity index is 0.000000171. The maximum atomic E-state index is 3.30. The van der Waals surface area contributed by atoms with Gasteiger partial charge in [-0.1, -0.05) is 109 Å². The van der Waals surface area contributed by atoms with E-state index in [2.05, 4.69) is 113 Å². The lowest BCUT2D eigenvalue weighted by molar-refractivity contribution is 1.18. The molecule has 0 atom stereocenters. The summed E-state index contributed by atoms with van der Waals surface area (Å²) in [6, 6.07) is 56.8. The van der Waals surface area contributed by atoms with Crippen molar-refractivity contribution < 1.29 is 0 Å². The molecule has 0 aliphatic heterocycles. The van der Waals surface area contributed by atoms with Crippen LogP contribution in [0.15, 0.2) is 164 Å². The third-order valence-electron chi connectivity index (χ3n) is 6.63. The molecule has 0 radical (unpaired) electrons. The molecule has 7 aromatic rings. The molecule has 0 saturated heterocycles. The monoisotopic (exact) mass is 488 g/mol. The van der Waals surface area contributed by atoms with Crippen molar-refractivity contribution in [1.82, 2.24) is 4.57 Å². The second kappa shape index (κ2) is 10.9. The first-order chi connectivity index (χ1) is 18.9. The quantitative estimate of drug-likeness (QED) is 0.261. The fourth-order valence-corrected chi connectivity index (χ4v) is 4.85. The Hall–Kier alpha value is -5.08. The van der Waals surface area contributed by atoms with Crippen molar-refractivity contribution in [3.8, 4) is 16.8 Å². The lowest BCUT2D eigenvalue weighted by atomic mass is 10.0. The number of nitrogens with one attached hydrogen (secondary N) is 1. The molecule has 0 aliphatic carbocycles. The maximum Gasteiger partial charge on any atom is 0.0541 e. The second-order valence-corrected chi connectivity index (χ2v) is 9.14. The van der Waals surface area contributed by atoms with Gasteiger partial charge in [-0.2, -0.15) is 0 Å². The van der Waals surface area contributed by atoms with Crippen molar-refractivity contribution in [2.75, 3.05) is 5.32 Å². The fraction of sp³-hybridized carbons (Fsp3) is 0. The molecule has 1 aromatic heterocycles. The third-order valence-corrected chi connectivity index (χ3v) is 6.63. The van der Waals surface area contributed by atoms with Gasteiger partial charge in [0.1, 0.15) is 0 Å². The van der Waals surface area contributed by atoms with E-state index in [0.717, 1.165) is 11.4 Å². The highest BCUT2D eigenvalue weighted by Gasteiger charge is 2.12. The molecule has 6 aromatic carbocycles. The van der Waals surface area contributed by atoms with Crippen LogP contribution in [0.4, 0.5) is 11.4 Å². The number of aromatic nitrogens is 1. The van der Waals surface area contributed by atoms with Gasteiger partial charge in [-0.3, -0.25) is 0 Å². The van der Waals surface area contributed by atoms with Gasteiger partial charge in [-0.25, -0.2) is 0 Å². The zero-order valence-electron chi connectivity index (χ0n) is 21.0. The number of nitrogens with zero attached hydrogens (tertiary/aromatic N) is 1. The summed E-state index contributed by atoms with van der Waals surface area (Å²) in [5.41, 5.74) is 8.43. The molecule has 0 aliphatic rings. The van der Waals surface area contributed by atoms with Crippen LogP contribution >= 0.6 is 0 Å². The normalized spacial score (nSPS) is 10.6. The molecular weight excluding hydrogens is 460 g/mol. The summed E-state index contributed by atoms with van der Waals surface area (Å²) < 4.78 is 2.35. The molecule has 2 heteroatoms. The number of benzene rings is 6. The lowest BCUT2D eigenvalue weighted by Crippen LogP contribution is -1.92. The lowest BCUT2D eigenvalue weighted by Gasteiger charge is -2.08. The van der Waals surface area contributed by atoms with Gasteiger partial charge < -0.3 is 9.88 Å². The van der Waals surface area contributed by atoms with Crippen molar-refractivity contribution in [2.24, 2.45) is 0 Å². The maximum absolute atomic E-state index is 3.30. The molecule has 0 bridgehead atoms. The van der Waals surface area contributed by atoms with E-state index in [1.54, 1.807) is 0 Å². The number of hydrogen-bond acceptors (Lipinski definition) is 1. The minimum atomic E-state index is 1.12. The average Bonchev–Trinajstić information content (AvgIpc) is 3.33. The summed E-state index contributed by atoms with van der Waals surface area (Å²) in [7, 11) is 0. The molecule has 0 saturated carbocycles. The van der Waals surface area contributed by atoms with E-state index in [9.17, 15) is 0 Å². The third kappa shape index (κ3) is 4.93. The molecule has 7 rings (SSSR count). The van der Waals surface area contributed by atoms with Gasteiger partial charge in [0, 0.05) is 27.8 Å². The SMILES string of the molecule is c1ccc(-c2ccc3c(c2)c2ccccc2n3-c2ccccc2)cc1.c1ccc(Nc2ccccc2)cc1. The summed E-state index contributed by atoms with van der Waals surface area (Å²) >= 11 is 0. The van der Waals surface area contributed by atoms with Crippen molar-refractivity contribution >= 4 is 33.2 Å². The van der Waals surface area contributed by atoms with Gasteiger partial charge >= 0.3 is 0 Å². The van der Waals surface area contributed by atoms with Crippen LogP contribution in [0.5, 0.6) is 0 Å². The highest BCUT2D eigenvalue weighted by molar-refractivity contribution is 6.10. The Morgan fingerprint density at radius 3 is 1.50 bits per heavy atom. The first-order valence-corrected chi connectivity index (χ1v) is 12.9. The van der Waals surface area contributed by atoms with Crippen LogP contribution in [0.2, 0.25) is 0 Å². The Morgan fingerprint density at radius 2 is 0.868 bits per heavy atom. The van der Waals surface area contributed by atoms with E-state index < -0.39 is 0 Å². The smallest absolute Gasteiger partial charge is 0.0541 e. The molecule has 0 spiro atoms. The van der Waals surface area contributed by atoms with Crippen LogP contribution in [0.1, 0.15) is 0 Å². The van der Waals surface area contributed by atoms with Crippen LogP contribution in [0, 0.1) is 0 Å². The van der Waals surface area contributed by atoms with Gasteiger partial charge in [0.2, 0.25) is 0 Å². The fourth-order valence-electron chi connectivity index (χ4n) is 4.85. The topological polar surface area (TPSA) is 17.0 Å². The van der Waals surface area contributed by atoms with Crippen molar-refractivity contribution in [3.63, 3.8) is 0 Å². The van der Waals surface area contributed by atoms with E-state index >= 15 is 0 Å². The second-order valence-electron chi connectivity index (χ2n) is 9.14. The van der Waals surface area contributed by atoms with E-state index in [0.29, 0.717) is 0 Å². The molecule has 1 N–H and O–H groups in total. The zero-order chi connectivity index (χ0) is 25.6. The van der Waals surface area contributed by atoms with E-state index in [1.807, 2.05) is 60.7 Å². The van der Waals surface area contributed by atoms with Crippen molar-refractivity contribution in [1.29, 1.82) is 0 Å². The molecule has 0 unspecified atom stereocenters. The average molecular weight is 489 g/mol. The number of rotatable bonds is 4. The van der Waals surface area contributed by atoms with E-state index in [4.69, 9.17) is 0 Å². The molecule has 2 nitrogen and oxygen atoms in total. The summed E-state index contributed by atoms with van der Waals surface area (Å²) in [6.45, 7) is 0. The van der Waals surface area contributed by atoms with Crippen molar-refractivity contribution in [3.05, 3.63) is 164 Å². The first kappa shape index (κ1) is 23.3. The van der Waals surface area contributed by atoms with Crippen LogP contribution in [0.3, 0.4) is 0 Å². The predicted octanol–water partition coefficient (Wildman–Crippen LogP) is 9.88. The van der Waals surface area contributed by atoms with E-state index in [-0.39, 0.29) is 0 Å². The Kier molecular flexibility index (Phi) is 6.69. The molecule has 0 amide bonds. The van der Waals surface area contributed by atoms with E-state index in [1.165, 1.54) is 38.6 Å². The first-order valence-electron chi connectivity index (χ1n) is 12.9. The van der Waals surface area contributed by atoms with Crippen LogP contribution in [-0.4, -0.2) is 4.57 Å². The summed E-state index contributed by atoms with van der Waals surface area (Å²) in [6.07, 6.45) is 0. The molecular formula is C36H28N2. The van der Waals surface area contributed by atoms with Crippen LogP contribution < -0.4 is 5.32 Å². The standard InChI is InChI=1S/C24H17N.C12H11N/c1-3-9-18(10-4-1)19-15-16-24-22(17-19)21-13-7-8-14-23(21)25(24)20-11-5-2-6-12-20;1-3-7-11(8-4-1)13-12-9-5-2-6-10-12/h1-17H;1-10,13H. The summed E-state index contributed by atoms with van der Waals surface area (Å²) in [4.78, 5) is 0. The number of fused-ring (bicyclic) bond motifs is 3. The highest BCUT2D eigenvalue weighted by atomic mass is 15.0. The van der Waals surface area contributed by atoms with Gasteiger partial charge in [-0.15, -0.1) is 0 Å². The van der Waals surface area contributed by atoms with Gasteiger partial charge in [0.05, 0.1) is 11.0 Å². The Labute approximate surface area is 223 Å². The summed E-state index contributed by atoms with van der Waals surface area (Å²) in [5.74, 6) is 0. The van der Waals surface area contributed by atoms with Gasteiger partial charge in [0.15, 0.2) is 0 Å².